The predicted octanol–water partition coefficient (Wildman–Crippen LogP) is 3.75. The number of ether oxygens (including phenoxy) is 1. The molecule has 0 amide bonds. The second-order valence-corrected chi connectivity index (χ2v) is 6.09. The van der Waals surface area contributed by atoms with E-state index in [4.69, 9.17) is 4.74 Å². The van der Waals surface area contributed by atoms with E-state index >= 15 is 0 Å². The van der Waals surface area contributed by atoms with Crippen LogP contribution in [0.4, 0.5) is 5.13 Å². The summed E-state index contributed by atoms with van der Waals surface area (Å²) in [5, 5.41) is 13.6. The highest BCUT2D eigenvalue weighted by molar-refractivity contribution is 7.15. The summed E-state index contributed by atoms with van der Waals surface area (Å²) in [5.74, 6) is 1.52. The summed E-state index contributed by atoms with van der Waals surface area (Å²) in [6, 6.07) is 8.11. The number of hydrogen-bond acceptors (Lipinski definition) is 5. The zero-order chi connectivity index (χ0) is 14.4. The molecule has 1 N–H and O–H groups in total. The summed E-state index contributed by atoms with van der Waals surface area (Å²) in [7, 11) is 0. The third kappa shape index (κ3) is 4.49. The monoisotopic (exact) mass is 291 g/mol. The Balaban J connectivity index is 1.86. The Kier molecular flexibility index (Phi) is 5.35. The SMILES string of the molecule is CCOc1ccc(CNc2nnc(CC(C)C)s2)cc1. The van der Waals surface area contributed by atoms with Crippen molar-refractivity contribution in [3.05, 3.63) is 34.8 Å². The van der Waals surface area contributed by atoms with Gasteiger partial charge >= 0.3 is 0 Å². The van der Waals surface area contributed by atoms with E-state index in [0.717, 1.165) is 28.9 Å². The van der Waals surface area contributed by atoms with Gasteiger partial charge in [-0.05, 0) is 30.5 Å². The minimum atomic E-state index is 0.613. The first-order chi connectivity index (χ1) is 9.67. The lowest BCUT2D eigenvalue weighted by molar-refractivity contribution is 0.340. The maximum Gasteiger partial charge on any atom is 0.205 e. The Morgan fingerprint density at radius 1 is 1.20 bits per heavy atom. The normalized spacial score (nSPS) is 10.8. The largest absolute Gasteiger partial charge is 0.494 e. The Bertz CT molecular complexity index is 522. The topological polar surface area (TPSA) is 47.0 Å². The lowest BCUT2D eigenvalue weighted by atomic mass is 10.1. The number of anilines is 1. The van der Waals surface area contributed by atoms with Crippen LogP contribution in [-0.4, -0.2) is 16.8 Å². The molecule has 0 spiro atoms. The average Bonchev–Trinajstić information content (AvgIpc) is 2.85. The molecule has 0 saturated carbocycles. The molecule has 2 aromatic rings. The molecule has 1 aromatic heterocycles. The minimum Gasteiger partial charge on any atom is -0.494 e. The summed E-state index contributed by atoms with van der Waals surface area (Å²) >= 11 is 1.63. The van der Waals surface area contributed by atoms with E-state index in [-0.39, 0.29) is 0 Å². The van der Waals surface area contributed by atoms with Crippen molar-refractivity contribution in [3.63, 3.8) is 0 Å². The third-order valence-electron chi connectivity index (χ3n) is 2.73. The Morgan fingerprint density at radius 2 is 1.95 bits per heavy atom. The average molecular weight is 291 g/mol. The zero-order valence-corrected chi connectivity index (χ0v) is 13.0. The van der Waals surface area contributed by atoms with E-state index in [0.29, 0.717) is 12.5 Å². The first-order valence-electron chi connectivity index (χ1n) is 6.95. The van der Waals surface area contributed by atoms with E-state index in [1.54, 1.807) is 11.3 Å². The van der Waals surface area contributed by atoms with E-state index in [9.17, 15) is 0 Å². The van der Waals surface area contributed by atoms with Crippen molar-refractivity contribution in [1.29, 1.82) is 0 Å². The molecular formula is C15H21N3OS. The van der Waals surface area contributed by atoms with Crippen LogP contribution in [0.2, 0.25) is 0 Å². The van der Waals surface area contributed by atoms with Crippen LogP contribution in [-0.2, 0) is 13.0 Å². The summed E-state index contributed by atoms with van der Waals surface area (Å²) in [5.41, 5.74) is 1.20. The Labute approximate surface area is 124 Å². The summed E-state index contributed by atoms with van der Waals surface area (Å²) < 4.78 is 5.42. The lowest BCUT2D eigenvalue weighted by Gasteiger charge is -2.05. The summed E-state index contributed by atoms with van der Waals surface area (Å²) in [4.78, 5) is 0. The molecule has 108 valence electrons. The van der Waals surface area contributed by atoms with E-state index in [1.165, 1.54) is 5.56 Å². The van der Waals surface area contributed by atoms with E-state index in [2.05, 4.69) is 41.5 Å². The molecule has 0 radical (unpaired) electrons. The fourth-order valence-electron chi connectivity index (χ4n) is 1.80. The zero-order valence-electron chi connectivity index (χ0n) is 12.2. The predicted molar refractivity (Wildman–Crippen MR) is 83.4 cm³/mol. The Hall–Kier alpha value is -1.62. The van der Waals surface area contributed by atoms with Gasteiger partial charge in [-0.25, -0.2) is 0 Å². The van der Waals surface area contributed by atoms with Crippen LogP contribution in [0.25, 0.3) is 0 Å². The molecule has 0 atom stereocenters. The van der Waals surface area contributed by atoms with Crippen LogP contribution >= 0.6 is 11.3 Å². The molecule has 5 heteroatoms. The van der Waals surface area contributed by atoms with Gasteiger partial charge in [-0.3, -0.25) is 0 Å². The standard InChI is InChI=1S/C15H21N3OS/c1-4-19-13-7-5-12(6-8-13)10-16-15-18-17-14(20-15)9-11(2)3/h5-8,11H,4,9-10H2,1-3H3,(H,16,18). The molecular weight excluding hydrogens is 270 g/mol. The summed E-state index contributed by atoms with van der Waals surface area (Å²) in [6.45, 7) is 7.81. The van der Waals surface area contributed by atoms with Gasteiger partial charge in [-0.2, -0.15) is 0 Å². The van der Waals surface area contributed by atoms with Gasteiger partial charge < -0.3 is 10.1 Å². The van der Waals surface area contributed by atoms with Gasteiger partial charge in [0.25, 0.3) is 0 Å². The van der Waals surface area contributed by atoms with Crippen LogP contribution in [0.3, 0.4) is 0 Å². The van der Waals surface area contributed by atoms with E-state index in [1.807, 2.05) is 19.1 Å². The highest BCUT2D eigenvalue weighted by atomic mass is 32.1. The quantitative estimate of drug-likeness (QED) is 0.844. The van der Waals surface area contributed by atoms with Gasteiger partial charge in [0.05, 0.1) is 6.61 Å². The number of nitrogens with one attached hydrogen (secondary N) is 1. The number of nitrogens with zero attached hydrogens (tertiary/aromatic N) is 2. The number of aromatic nitrogens is 2. The molecule has 2 rings (SSSR count). The number of rotatable bonds is 7. The van der Waals surface area contributed by atoms with Crippen molar-refractivity contribution in [2.45, 2.75) is 33.7 Å². The van der Waals surface area contributed by atoms with Crippen molar-refractivity contribution >= 4 is 16.5 Å². The van der Waals surface area contributed by atoms with Crippen molar-refractivity contribution < 1.29 is 4.74 Å². The molecule has 0 aliphatic heterocycles. The molecule has 20 heavy (non-hydrogen) atoms. The molecule has 4 nitrogen and oxygen atoms in total. The van der Waals surface area contributed by atoms with Crippen LogP contribution in [0, 0.1) is 5.92 Å². The van der Waals surface area contributed by atoms with Gasteiger partial charge in [-0.1, -0.05) is 37.3 Å². The smallest absolute Gasteiger partial charge is 0.205 e. The van der Waals surface area contributed by atoms with Crippen molar-refractivity contribution in [1.82, 2.24) is 10.2 Å². The maximum atomic E-state index is 5.42. The highest BCUT2D eigenvalue weighted by Crippen LogP contribution is 2.19. The van der Waals surface area contributed by atoms with Gasteiger partial charge in [0.1, 0.15) is 10.8 Å². The van der Waals surface area contributed by atoms with Crippen molar-refractivity contribution in [3.8, 4) is 5.75 Å². The maximum absolute atomic E-state index is 5.42. The first-order valence-corrected chi connectivity index (χ1v) is 7.77. The summed E-state index contributed by atoms with van der Waals surface area (Å²) in [6.07, 6.45) is 0.988. The fraction of sp³-hybridized carbons (Fsp3) is 0.467. The molecule has 0 fully saturated rings. The van der Waals surface area contributed by atoms with Gasteiger partial charge in [0.15, 0.2) is 0 Å². The van der Waals surface area contributed by atoms with Crippen molar-refractivity contribution in [2.24, 2.45) is 5.92 Å². The number of hydrogen-bond donors (Lipinski definition) is 1. The molecule has 0 bridgehead atoms. The fourth-order valence-corrected chi connectivity index (χ4v) is 2.75. The second-order valence-electron chi connectivity index (χ2n) is 5.03. The van der Waals surface area contributed by atoms with Gasteiger partial charge in [0, 0.05) is 13.0 Å². The molecule has 1 aromatic carbocycles. The number of benzene rings is 1. The van der Waals surface area contributed by atoms with Crippen LogP contribution < -0.4 is 10.1 Å². The molecule has 0 saturated heterocycles. The second kappa shape index (κ2) is 7.24. The molecule has 0 unspecified atom stereocenters. The van der Waals surface area contributed by atoms with E-state index < -0.39 is 0 Å². The minimum absolute atomic E-state index is 0.613. The molecule has 0 aliphatic carbocycles. The third-order valence-corrected chi connectivity index (χ3v) is 3.63. The lowest BCUT2D eigenvalue weighted by Crippen LogP contribution is -1.99. The highest BCUT2D eigenvalue weighted by Gasteiger charge is 2.05. The molecule has 0 aliphatic rings. The molecule has 1 heterocycles. The first kappa shape index (κ1) is 14.8. The van der Waals surface area contributed by atoms with Gasteiger partial charge in [-0.15, -0.1) is 10.2 Å². The van der Waals surface area contributed by atoms with Crippen LogP contribution in [0.5, 0.6) is 5.75 Å². The van der Waals surface area contributed by atoms with Crippen LogP contribution in [0.1, 0.15) is 31.3 Å². The van der Waals surface area contributed by atoms with Crippen LogP contribution in [0.15, 0.2) is 24.3 Å². The Morgan fingerprint density at radius 3 is 2.60 bits per heavy atom. The van der Waals surface area contributed by atoms with Crippen molar-refractivity contribution in [2.75, 3.05) is 11.9 Å². The van der Waals surface area contributed by atoms with Gasteiger partial charge in [0.2, 0.25) is 5.13 Å².